The Bertz CT molecular complexity index is 416. The lowest BCUT2D eigenvalue weighted by Gasteiger charge is -1.99. The van der Waals surface area contributed by atoms with E-state index in [9.17, 15) is 9.59 Å². The molecule has 13 heavy (non-hydrogen) atoms. The van der Waals surface area contributed by atoms with Gasteiger partial charge in [0.2, 0.25) is 5.78 Å². The first-order chi connectivity index (χ1) is 6.27. The topological polar surface area (TPSA) is 87.5 Å². The number of nitrogens with zero attached hydrogens (tertiary/aromatic N) is 3. The van der Waals surface area contributed by atoms with Crippen LogP contribution in [0.3, 0.4) is 0 Å². The largest absolute Gasteiger partial charge is 0.367 e. The number of amides is 2. The number of aromatic nitrogens is 2. The summed E-state index contributed by atoms with van der Waals surface area (Å²) in [4.78, 5) is 28.6. The summed E-state index contributed by atoms with van der Waals surface area (Å²) in [5.74, 6) is -0.410. The van der Waals surface area contributed by atoms with E-state index in [1.165, 1.54) is 0 Å². The number of aromatic amines is 1. The van der Waals surface area contributed by atoms with Crippen LogP contribution < -0.4 is 0 Å². The lowest BCUT2D eigenvalue weighted by atomic mass is 10.2. The summed E-state index contributed by atoms with van der Waals surface area (Å²) in [7, 11) is 0. The molecule has 0 saturated heterocycles. The Hall–Kier alpha value is -2.11. The average molecular weight is 176 g/mol. The van der Waals surface area contributed by atoms with E-state index < -0.39 is 11.8 Å². The molecule has 6 nitrogen and oxygen atoms in total. The molecule has 0 aromatic carbocycles. The minimum absolute atomic E-state index is 0.0289. The van der Waals surface area contributed by atoms with Gasteiger partial charge in [0.1, 0.15) is 11.4 Å². The van der Waals surface area contributed by atoms with E-state index in [0.717, 1.165) is 6.21 Å². The van der Waals surface area contributed by atoms with Gasteiger partial charge in [-0.25, -0.2) is 4.79 Å². The number of Topliss-reactive ketones (excluding diaryl/α,β-unsaturated/α-hetero) is 1. The Morgan fingerprint density at radius 1 is 1.31 bits per heavy atom. The molecule has 1 aromatic rings. The van der Waals surface area contributed by atoms with Crippen LogP contribution in [-0.2, 0) is 4.79 Å². The van der Waals surface area contributed by atoms with Crippen molar-refractivity contribution >= 4 is 23.7 Å². The molecule has 0 unspecified atom stereocenters. The third-order valence-electron chi connectivity index (χ3n) is 1.48. The molecule has 1 aliphatic rings. The van der Waals surface area contributed by atoms with Crippen LogP contribution >= 0.6 is 0 Å². The highest BCUT2D eigenvalue weighted by molar-refractivity contribution is 6.66. The van der Waals surface area contributed by atoms with Crippen LogP contribution in [0.25, 0.3) is 0 Å². The normalized spacial score (nSPS) is 16.2. The summed E-state index contributed by atoms with van der Waals surface area (Å²) in [6.07, 6.45) is 2.49. The van der Waals surface area contributed by atoms with Gasteiger partial charge in [0.15, 0.2) is 0 Å². The van der Waals surface area contributed by atoms with Crippen molar-refractivity contribution in [2.75, 3.05) is 0 Å². The van der Waals surface area contributed by atoms with Crippen LogP contribution in [-0.4, -0.2) is 33.9 Å². The van der Waals surface area contributed by atoms with E-state index in [1.807, 2.05) is 0 Å². The van der Waals surface area contributed by atoms with Gasteiger partial charge in [-0.15, -0.1) is 0 Å². The molecule has 0 bridgehead atoms. The van der Waals surface area contributed by atoms with E-state index in [4.69, 9.17) is 0 Å². The predicted octanol–water partition coefficient (Wildman–Crippen LogP) is -0.0277. The number of ketones is 1. The monoisotopic (exact) mass is 176 g/mol. The number of aliphatic imine (C=N–C) groups is 2. The van der Waals surface area contributed by atoms with E-state index in [1.54, 1.807) is 12.3 Å². The predicted molar refractivity (Wildman–Crippen MR) is 44.0 cm³/mol. The summed E-state index contributed by atoms with van der Waals surface area (Å²) < 4.78 is 0. The van der Waals surface area contributed by atoms with Crippen LogP contribution in [0.4, 0.5) is 4.79 Å². The van der Waals surface area contributed by atoms with E-state index in [2.05, 4.69) is 20.2 Å². The van der Waals surface area contributed by atoms with Gasteiger partial charge in [0.05, 0.1) is 6.21 Å². The summed E-state index contributed by atoms with van der Waals surface area (Å²) in [5.41, 5.74) is 0.380. The second-order valence-electron chi connectivity index (χ2n) is 2.32. The summed E-state index contributed by atoms with van der Waals surface area (Å²) in [6, 6.07) is 0.876. The highest BCUT2D eigenvalue weighted by Crippen LogP contribution is 2.01. The first-order valence-electron chi connectivity index (χ1n) is 3.48. The quantitative estimate of drug-likeness (QED) is 0.651. The number of nitrogens with one attached hydrogen (secondary N) is 1. The first-order valence-corrected chi connectivity index (χ1v) is 3.48. The maximum atomic E-state index is 11.2. The molecule has 0 aliphatic carbocycles. The molecule has 2 amide bonds. The van der Waals surface area contributed by atoms with Crippen LogP contribution in [0.2, 0.25) is 0 Å². The number of carbonyl (C=O) groups excluding carboxylic acids is 2. The molecule has 0 spiro atoms. The lowest BCUT2D eigenvalue weighted by molar-refractivity contribution is -0.107. The Balaban J connectivity index is 2.44. The van der Waals surface area contributed by atoms with Crippen molar-refractivity contribution in [2.24, 2.45) is 9.98 Å². The molecular weight excluding hydrogens is 172 g/mol. The molecule has 0 atom stereocenters. The molecule has 64 valence electrons. The van der Waals surface area contributed by atoms with Gasteiger partial charge in [0, 0.05) is 6.20 Å². The summed E-state index contributed by atoms with van der Waals surface area (Å²) in [6.45, 7) is 0. The Morgan fingerprint density at radius 3 is 2.85 bits per heavy atom. The zero-order valence-corrected chi connectivity index (χ0v) is 6.39. The molecule has 0 saturated carbocycles. The molecule has 1 aromatic heterocycles. The number of urea groups is 1. The third kappa shape index (κ3) is 1.28. The van der Waals surface area contributed by atoms with Crippen molar-refractivity contribution in [1.82, 2.24) is 10.2 Å². The fourth-order valence-electron chi connectivity index (χ4n) is 0.930. The van der Waals surface area contributed by atoms with Gasteiger partial charge in [-0.3, -0.25) is 9.89 Å². The minimum Gasteiger partial charge on any atom is -0.286 e. The Kier molecular flexibility index (Phi) is 1.59. The van der Waals surface area contributed by atoms with E-state index in [0.29, 0.717) is 5.69 Å². The van der Waals surface area contributed by atoms with Crippen LogP contribution in [0.5, 0.6) is 0 Å². The summed E-state index contributed by atoms with van der Waals surface area (Å²) in [5, 5.41) is 6.26. The molecular formula is C7H4N4O2. The smallest absolute Gasteiger partial charge is 0.286 e. The number of H-pyrrole nitrogens is 1. The van der Waals surface area contributed by atoms with Crippen molar-refractivity contribution < 1.29 is 9.59 Å². The second-order valence-corrected chi connectivity index (χ2v) is 2.32. The van der Waals surface area contributed by atoms with Crippen molar-refractivity contribution in [2.45, 2.75) is 0 Å². The molecule has 1 N–H and O–H groups in total. The average Bonchev–Trinajstić information content (AvgIpc) is 2.61. The van der Waals surface area contributed by atoms with Crippen molar-refractivity contribution in [3.8, 4) is 0 Å². The zero-order chi connectivity index (χ0) is 9.26. The number of rotatable bonds is 1. The highest BCUT2D eigenvalue weighted by atomic mass is 16.2. The molecule has 2 rings (SSSR count). The van der Waals surface area contributed by atoms with Gasteiger partial charge in [-0.05, 0) is 6.07 Å². The highest BCUT2D eigenvalue weighted by Gasteiger charge is 2.19. The lowest BCUT2D eigenvalue weighted by Crippen LogP contribution is -2.22. The van der Waals surface area contributed by atoms with Crippen molar-refractivity contribution in [3.05, 3.63) is 18.0 Å². The summed E-state index contributed by atoms with van der Waals surface area (Å²) >= 11 is 0. The zero-order valence-electron chi connectivity index (χ0n) is 6.39. The van der Waals surface area contributed by atoms with Gasteiger partial charge < -0.3 is 0 Å². The van der Waals surface area contributed by atoms with Crippen LogP contribution in [0.1, 0.15) is 5.69 Å². The minimum atomic E-state index is -0.683. The number of carbonyl (C=O) groups is 2. The van der Waals surface area contributed by atoms with E-state index >= 15 is 0 Å². The molecule has 0 radical (unpaired) electrons. The van der Waals surface area contributed by atoms with Crippen molar-refractivity contribution in [1.29, 1.82) is 0 Å². The number of hydrogen-bond acceptors (Lipinski definition) is 3. The van der Waals surface area contributed by atoms with Crippen LogP contribution in [0.15, 0.2) is 22.2 Å². The second kappa shape index (κ2) is 2.74. The van der Waals surface area contributed by atoms with E-state index in [-0.39, 0.29) is 5.71 Å². The van der Waals surface area contributed by atoms with Crippen LogP contribution in [0, 0.1) is 0 Å². The molecule has 1 aliphatic heterocycles. The van der Waals surface area contributed by atoms with Crippen molar-refractivity contribution in [3.63, 3.8) is 0 Å². The standard InChI is InChI=1S/C7H4N4O2/c12-5-3-8-7(13)10-6(5)4-1-2-9-11-4/h1-3H,(H,9,11). The van der Waals surface area contributed by atoms with Gasteiger partial charge in [0.25, 0.3) is 0 Å². The van der Waals surface area contributed by atoms with Gasteiger partial charge in [-0.2, -0.15) is 15.1 Å². The molecule has 0 fully saturated rings. The molecule has 2 heterocycles. The first kappa shape index (κ1) is 7.53. The maximum Gasteiger partial charge on any atom is 0.367 e. The Labute approximate surface area is 72.4 Å². The number of hydrogen-bond donors (Lipinski definition) is 1. The van der Waals surface area contributed by atoms with Gasteiger partial charge in [-0.1, -0.05) is 0 Å². The van der Waals surface area contributed by atoms with Gasteiger partial charge >= 0.3 is 6.03 Å². The fourth-order valence-corrected chi connectivity index (χ4v) is 0.930. The molecule has 6 heteroatoms. The Morgan fingerprint density at radius 2 is 2.15 bits per heavy atom. The maximum absolute atomic E-state index is 11.2. The SMILES string of the molecule is O=C1N=CC(=O)C(c2cc[nH]n2)=N1. The fraction of sp³-hybridized carbons (Fsp3) is 0. The third-order valence-corrected chi connectivity index (χ3v) is 1.48.